The fourth-order valence-electron chi connectivity index (χ4n) is 1.61. The molecule has 0 bridgehead atoms. The molecule has 1 atom stereocenters. The normalized spacial score (nSPS) is 12.3. The van der Waals surface area contributed by atoms with Crippen LogP contribution in [0.2, 0.25) is 5.02 Å². The highest BCUT2D eigenvalue weighted by molar-refractivity contribution is 6.30. The Hall–Kier alpha value is -0.320. The molecule has 1 unspecified atom stereocenters. The van der Waals surface area contributed by atoms with Crippen LogP contribution in [0.3, 0.4) is 0 Å². The van der Waals surface area contributed by atoms with Crippen molar-refractivity contribution in [1.29, 1.82) is 0 Å². The topological polar surface area (TPSA) is 30.5 Å². The predicted octanol–water partition coefficient (Wildman–Crippen LogP) is 3.07. The third-order valence-electron chi connectivity index (χ3n) is 2.71. The summed E-state index contributed by atoms with van der Waals surface area (Å²) in [5.74, 6) is 0.406. The maximum atomic E-state index is 5.96. The van der Waals surface area contributed by atoms with Crippen LogP contribution in [-0.2, 0) is 9.47 Å². The molecular weight excluding hydrogens is 273 g/mol. The molecule has 0 amide bonds. The number of hydrogen-bond acceptors (Lipinski definition) is 3. The molecule has 0 aromatic heterocycles. The minimum Gasteiger partial charge on any atom is -0.355 e. The maximum Gasteiger partial charge on any atom is 0.169 e. The number of rotatable bonds is 7. The number of ether oxygens (including phenoxy) is 2. The van der Waals surface area contributed by atoms with Crippen LogP contribution in [-0.4, -0.2) is 33.6 Å². The van der Waals surface area contributed by atoms with Crippen LogP contribution >= 0.6 is 24.0 Å². The lowest BCUT2D eigenvalue weighted by atomic mass is 10.0. The molecule has 0 aliphatic carbocycles. The fourth-order valence-corrected chi connectivity index (χ4v) is 1.81. The van der Waals surface area contributed by atoms with Gasteiger partial charge in [-0.1, -0.05) is 30.7 Å². The summed E-state index contributed by atoms with van der Waals surface area (Å²) < 4.78 is 10.2. The lowest BCUT2D eigenvalue weighted by Gasteiger charge is -2.17. The number of methoxy groups -OCH3 is 2. The van der Waals surface area contributed by atoms with Crippen molar-refractivity contribution in [3.8, 4) is 0 Å². The zero-order chi connectivity index (χ0) is 12.7. The van der Waals surface area contributed by atoms with Gasteiger partial charge in [0.15, 0.2) is 6.29 Å². The first-order chi connectivity index (χ1) is 8.17. The third-order valence-corrected chi connectivity index (χ3v) is 2.94. The summed E-state index contributed by atoms with van der Waals surface area (Å²) in [5.41, 5.74) is 1.23. The number of nitrogens with one attached hydrogen (secondary N) is 1. The lowest BCUT2D eigenvalue weighted by Crippen LogP contribution is -2.32. The van der Waals surface area contributed by atoms with Crippen molar-refractivity contribution in [3.05, 3.63) is 34.9 Å². The number of hydrogen-bond donors (Lipinski definition) is 1. The Kier molecular flexibility index (Phi) is 9.42. The van der Waals surface area contributed by atoms with E-state index in [1.54, 1.807) is 14.2 Å². The average molecular weight is 294 g/mol. The van der Waals surface area contributed by atoms with Crippen molar-refractivity contribution in [2.45, 2.75) is 19.1 Å². The van der Waals surface area contributed by atoms with E-state index in [4.69, 9.17) is 21.1 Å². The second-order valence-electron chi connectivity index (χ2n) is 4.02. The molecular formula is C13H21Cl2NO2. The van der Waals surface area contributed by atoms with Crippen molar-refractivity contribution in [1.82, 2.24) is 5.32 Å². The van der Waals surface area contributed by atoms with Crippen LogP contribution in [0.5, 0.6) is 0 Å². The van der Waals surface area contributed by atoms with Crippen LogP contribution in [0.4, 0.5) is 0 Å². The summed E-state index contributed by atoms with van der Waals surface area (Å²) in [6.07, 6.45) is -0.193. The largest absolute Gasteiger partial charge is 0.355 e. The van der Waals surface area contributed by atoms with Crippen LogP contribution in [0.25, 0.3) is 0 Å². The molecule has 0 aliphatic rings. The fraction of sp³-hybridized carbons (Fsp3) is 0.538. The number of benzene rings is 1. The quantitative estimate of drug-likeness (QED) is 0.784. The van der Waals surface area contributed by atoms with Crippen LogP contribution in [0.15, 0.2) is 24.3 Å². The predicted molar refractivity (Wildman–Crippen MR) is 77.8 cm³/mol. The van der Waals surface area contributed by atoms with E-state index in [0.29, 0.717) is 12.5 Å². The Labute approximate surface area is 120 Å². The molecule has 0 heterocycles. The maximum absolute atomic E-state index is 5.96. The minimum atomic E-state index is -0.193. The van der Waals surface area contributed by atoms with Crippen LogP contribution in [0.1, 0.15) is 18.4 Å². The van der Waals surface area contributed by atoms with Gasteiger partial charge in [-0.05, 0) is 23.6 Å². The summed E-state index contributed by atoms with van der Waals surface area (Å²) >= 11 is 5.96. The second kappa shape index (κ2) is 9.59. The molecule has 0 aliphatic heterocycles. The van der Waals surface area contributed by atoms with Crippen molar-refractivity contribution >= 4 is 24.0 Å². The van der Waals surface area contributed by atoms with Gasteiger partial charge in [-0.15, -0.1) is 12.4 Å². The summed E-state index contributed by atoms with van der Waals surface area (Å²) in [6.45, 7) is 3.70. The van der Waals surface area contributed by atoms with Gasteiger partial charge in [-0.2, -0.15) is 0 Å². The zero-order valence-electron chi connectivity index (χ0n) is 11.0. The second-order valence-corrected chi connectivity index (χ2v) is 4.45. The Morgan fingerprint density at radius 1 is 1.22 bits per heavy atom. The monoisotopic (exact) mass is 293 g/mol. The van der Waals surface area contributed by atoms with E-state index in [9.17, 15) is 0 Å². The Balaban J connectivity index is 0.00000289. The highest BCUT2D eigenvalue weighted by Crippen LogP contribution is 2.18. The van der Waals surface area contributed by atoms with Gasteiger partial charge in [-0.25, -0.2) is 0 Å². The van der Waals surface area contributed by atoms with E-state index < -0.39 is 0 Å². The zero-order valence-corrected chi connectivity index (χ0v) is 12.6. The third kappa shape index (κ3) is 6.03. The average Bonchev–Trinajstić information content (AvgIpc) is 2.34. The molecule has 1 N–H and O–H groups in total. The summed E-state index contributed by atoms with van der Waals surface area (Å²) in [4.78, 5) is 0. The smallest absolute Gasteiger partial charge is 0.169 e. The molecule has 0 radical (unpaired) electrons. The van der Waals surface area contributed by atoms with E-state index in [0.717, 1.165) is 11.6 Å². The molecule has 1 aromatic rings. The van der Waals surface area contributed by atoms with Gasteiger partial charge >= 0.3 is 0 Å². The van der Waals surface area contributed by atoms with Crippen LogP contribution < -0.4 is 5.32 Å². The molecule has 0 spiro atoms. The van der Waals surface area contributed by atoms with E-state index >= 15 is 0 Å². The van der Waals surface area contributed by atoms with Crippen molar-refractivity contribution in [2.75, 3.05) is 27.3 Å². The van der Waals surface area contributed by atoms with Gasteiger partial charge in [0.2, 0.25) is 0 Å². The van der Waals surface area contributed by atoms with Gasteiger partial charge in [-0.3, -0.25) is 0 Å². The molecule has 5 heteroatoms. The van der Waals surface area contributed by atoms with Gasteiger partial charge in [0.1, 0.15) is 0 Å². The Morgan fingerprint density at radius 3 is 2.44 bits per heavy atom. The molecule has 18 heavy (non-hydrogen) atoms. The lowest BCUT2D eigenvalue weighted by molar-refractivity contribution is -0.0987. The molecule has 0 saturated heterocycles. The summed E-state index contributed by atoms with van der Waals surface area (Å²) in [5, 5.41) is 4.09. The van der Waals surface area contributed by atoms with Crippen molar-refractivity contribution < 1.29 is 9.47 Å². The van der Waals surface area contributed by atoms with Gasteiger partial charge in [0.25, 0.3) is 0 Å². The highest BCUT2D eigenvalue weighted by Gasteiger charge is 2.08. The SMILES string of the molecule is COC(CNCC(C)c1cccc(Cl)c1)OC.Cl. The van der Waals surface area contributed by atoms with Gasteiger partial charge in [0, 0.05) is 32.3 Å². The molecule has 3 nitrogen and oxygen atoms in total. The molecule has 104 valence electrons. The standard InChI is InChI=1S/C13H20ClNO2.ClH/c1-10(8-15-9-13(16-2)17-3)11-5-4-6-12(14)7-11;/h4-7,10,13,15H,8-9H2,1-3H3;1H. The van der Waals surface area contributed by atoms with E-state index in [1.807, 2.05) is 18.2 Å². The first-order valence-corrected chi connectivity index (χ1v) is 6.07. The Morgan fingerprint density at radius 2 is 1.89 bits per heavy atom. The van der Waals surface area contributed by atoms with Gasteiger partial charge < -0.3 is 14.8 Å². The molecule has 1 aromatic carbocycles. The Bertz CT molecular complexity index is 333. The first-order valence-electron chi connectivity index (χ1n) is 5.69. The molecule has 0 saturated carbocycles. The molecule has 1 rings (SSSR count). The summed E-state index contributed by atoms with van der Waals surface area (Å²) in [6, 6.07) is 7.94. The molecule has 0 fully saturated rings. The van der Waals surface area contributed by atoms with Gasteiger partial charge in [0.05, 0.1) is 0 Å². The van der Waals surface area contributed by atoms with Crippen molar-refractivity contribution in [2.24, 2.45) is 0 Å². The van der Waals surface area contributed by atoms with E-state index in [1.165, 1.54) is 5.56 Å². The van der Waals surface area contributed by atoms with Crippen LogP contribution in [0, 0.1) is 0 Å². The summed E-state index contributed by atoms with van der Waals surface area (Å²) in [7, 11) is 3.27. The first kappa shape index (κ1) is 17.7. The highest BCUT2D eigenvalue weighted by atomic mass is 35.5. The van der Waals surface area contributed by atoms with E-state index in [2.05, 4.69) is 18.3 Å². The number of halogens is 2. The van der Waals surface area contributed by atoms with E-state index in [-0.39, 0.29) is 18.7 Å². The van der Waals surface area contributed by atoms with Crippen molar-refractivity contribution in [3.63, 3.8) is 0 Å². The minimum absolute atomic E-state index is 0.